The highest BCUT2D eigenvalue weighted by Gasteiger charge is 2.24. The number of amides is 1. The molecule has 30 heavy (non-hydrogen) atoms. The van der Waals surface area contributed by atoms with Gasteiger partial charge in [-0.25, -0.2) is 9.37 Å². The molecular weight excluding hydrogens is 381 g/mol. The Balaban J connectivity index is 1.30. The quantitative estimate of drug-likeness (QED) is 0.612. The SMILES string of the molecule is Cc1cnc(-c2ccccc2)n1CC1CCN(C(=O)COc2ccc(F)cc2)CC1. The molecule has 2 heterocycles. The van der Waals surface area contributed by atoms with Crippen molar-refractivity contribution in [1.82, 2.24) is 14.5 Å². The highest BCUT2D eigenvalue weighted by atomic mass is 19.1. The number of carbonyl (C=O) groups is 1. The molecule has 0 unspecified atom stereocenters. The van der Waals surface area contributed by atoms with E-state index in [4.69, 9.17) is 4.74 Å². The number of hydrogen-bond donors (Lipinski definition) is 0. The van der Waals surface area contributed by atoms with E-state index in [2.05, 4.69) is 28.6 Å². The number of rotatable bonds is 6. The number of halogens is 1. The number of ether oxygens (including phenoxy) is 1. The van der Waals surface area contributed by atoms with Crippen molar-refractivity contribution in [2.24, 2.45) is 5.92 Å². The summed E-state index contributed by atoms with van der Waals surface area (Å²) < 4.78 is 20.7. The van der Waals surface area contributed by atoms with Gasteiger partial charge in [-0.1, -0.05) is 30.3 Å². The van der Waals surface area contributed by atoms with Crippen LogP contribution in [0.4, 0.5) is 4.39 Å². The average Bonchev–Trinajstić information content (AvgIpc) is 3.14. The number of aromatic nitrogens is 2. The first-order chi connectivity index (χ1) is 14.6. The van der Waals surface area contributed by atoms with Crippen LogP contribution < -0.4 is 4.74 Å². The molecule has 1 aliphatic heterocycles. The van der Waals surface area contributed by atoms with Crippen LogP contribution >= 0.6 is 0 Å². The minimum atomic E-state index is -0.320. The van der Waals surface area contributed by atoms with E-state index in [1.54, 1.807) is 0 Å². The number of aryl methyl sites for hydroxylation is 1. The number of carbonyl (C=O) groups excluding carboxylic acids is 1. The molecule has 1 saturated heterocycles. The van der Waals surface area contributed by atoms with Crippen molar-refractivity contribution in [1.29, 1.82) is 0 Å². The smallest absolute Gasteiger partial charge is 0.260 e. The van der Waals surface area contributed by atoms with Gasteiger partial charge in [-0.15, -0.1) is 0 Å². The van der Waals surface area contributed by atoms with Crippen molar-refractivity contribution >= 4 is 5.91 Å². The fraction of sp³-hybridized carbons (Fsp3) is 0.333. The normalized spacial score (nSPS) is 14.7. The third kappa shape index (κ3) is 4.70. The Morgan fingerprint density at radius 2 is 1.80 bits per heavy atom. The van der Waals surface area contributed by atoms with Crippen LogP contribution in [0, 0.1) is 18.7 Å². The highest BCUT2D eigenvalue weighted by molar-refractivity contribution is 5.77. The molecule has 1 amide bonds. The molecule has 0 aliphatic carbocycles. The third-order valence-corrected chi connectivity index (χ3v) is 5.67. The summed E-state index contributed by atoms with van der Waals surface area (Å²) in [5, 5.41) is 0. The van der Waals surface area contributed by atoms with Gasteiger partial charge in [0.15, 0.2) is 6.61 Å². The Labute approximate surface area is 176 Å². The lowest BCUT2D eigenvalue weighted by Gasteiger charge is -2.32. The standard InChI is InChI=1S/C24H26FN3O2/c1-18-15-26-24(20-5-3-2-4-6-20)28(18)16-19-11-13-27(14-12-19)23(29)17-30-22-9-7-21(25)8-10-22/h2-10,15,19H,11-14,16-17H2,1H3. The maximum Gasteiger partial charge on any atom is 0.260 e. The molecule has 1 aromatic heterocycles. The molecule has 2 aromatic carbocycles. The second kappa shape index (κ2) is 9.11. The van der Waals surface area contributed by atoms with Gasteiger partial charge in [-0.2, -0.15) is 0 Å². The highest BCUT2D eigenvalue weighted by Crippen LogP contribution is 2.25. The predicted molar refractivity (Wildman–Crippen MR) is 114 cm³/mol. The summed E-state index contributed by atoms with van der Waals surface area (Å²) in [6, 6.07) is 16.0. The van der Waals surface area contributed by atoms with Gasteiger partial charge in [0.2, 0.25) is 0 Å². The Morgan fingerprint density at radius 3 is 2.50 bits per heavy atom. The molecule has 0 radical (unpaired) electrons. The van der Waals surface area contributed by atoms with Crippen LogP contribution in [0.15, 0.2) is 60.8 Å². The van der Waals surface area contributed by atoms with E-state index >= 15 is 0 Å². The molecule has 0 spiro atoms. The fourth-order valence-electron chi connectivity index (χ4n) is 3.90. The zero-order chi connectivity index (χ0) is 20.9. The van der Waals surface area contributed by atoms with Gasteiger partial charge in [-0.3, -0.25) is 4.79 Å². The predicted octanol–water partition coefficient (Wildman–Crippen LogP) is 4.32. The van der Waals surface area contributed by atoms with Gasteiger partial charge in [-0.05, 0) is 49.9 Å². The lowest BCUT2D eigenvalue weighted by Crippen LogP contribution is -2.41. The van der Waals surface area contributed by atoms with Crippen molar-refractivity contribution in [2.45, 2.75) is 26.3 Å². The summed E-state index contributed by atoms with van der Waals surface area (Å²) in [6.07, 6.45) is 3.83. The number of likely N-dealkylation sites (tertiary alicyclic amines) is 1. The first-order valence-corrected chi connectivity index (χ1v) is 10.3. The van der Waals surface area contributed by atoms with Crippen molar-refractivity contribution in [2.75, 3.05) is 19.7 Å². The first kappa shape index (κ1) is 20.1. The summed E-state index contributed by atoms with van der Waals surface area (Å²) in [5.74, 6) is 1.66. The lowest BCUT2D eigenvalue weighted by molar-refractivity contribution is -0.134. The molecule has 5 nitrogen and oxygen atoms in total. The molecule has 3 aromatic rings. The van der Waals surface area contributed by atoms with Gasteiger partial charge in [0.25, 0.3) is 5.91 Å². The van der Waals surface area contributed by atoms with E-state index in [1.165, 1.54) is 24.3 Å². The summed E-state index contributed by atoms with van der Waals surface area (Å²) in [4.78, 5) is 18.9. The summed E-state index contributed by atoms with van der Waals surface area (Å²) in [7, 11) is 0. The van der Waals surface area contributed by atoms with E-state index < -0.39 is 0 Å². The molecule has 0 N–H and O–H groups in total. The summed E-state index contributed by atoms with van der Waals surface area (Å²) in [5.41, 5.74) is 2.27. The molecule has 0 saturated carbocycles. The zero-order valence-electron chi connectivity index (χ0n) is 17.1. The average molecular weight is 407 g/mol. The van der Waals surface area contributed by atoms with Crippen molar-refractivity contribution in [3.05, 3.63) is 72.3 Å². The van der Waals surface area contributed by atoms with E-state index in [-0.39, 0.29) is 18.3 Å². The fourth-order valence-corrected chi connectivity index (χ4v) is 3.90. The van der Waals surface area contributed by atoms with Gasteiger partial charge in [0.1, 0.15) is 17.4 Å². The van der Waals surface area contributed by atoms with Gasteiger partial charge in [0.05, 0.1) is 0 Å². The van der Waals surface area contributed by atoms with E-state index in [1.807, 2.05) is 29.3 Å². The van der Waals surface area contributed by atoms with Crippen LogP contribution in [-0.4, -0.2) is 40.1 Å². The van der Waals surface area contributed by atoms with Crippen molar-refractivity contribution in [3.63, 3.8) is 0 Å². The van der Waals surface area contributed by atoms with E-state index in [0.29, 0.717) is 11.7 Å². The number of imidazole rings is 1. The van der Waals surface area contributed by atoms with Crippen LogP contribution in [0.1, 0.15) is 18.5 Å². The largest absolute Gasteiger partial charge is 0.484 e. The van der Waals surface area contributed by atoms with Gasteiger partial charge >= 0.3 is 0 Å². The molecule has 0 bridgehead atoms. The van der Waals surface area contributed by atoms with Crippen LogP contribution in [0.2, 0.25) is 0 Å². The second-order valence-corrected chi connectivity index (χ2v) is 7.77. The number of nitrogens with zero attached hydrogens (tertiary/aromatic N) is 3. The van der Waals surface area contributed by atoms with Crippen LogP contribution in [0.25, 0.3) is 11.4 Å². The molecule has 156 valence electrons. The topological polar surface area (TPSA) is 47.4 Å². The second-order valence-electron chi connectivity index (χ2n) is 7.77. The minimum Gasteiger partial charge on any atom is -0.484 e. The summed E-state index contributed by atoms with van der Waals surface area (Å²) in [6.45, 7) is 4.43. The number of piperidine rings is 1. The first-order valence-electron chi connectivity index (χ1n) is 10.3. The van der Waals surface area contributed by atoms with E-state index in [0.717, 1.165) is 49.6 Å². The Bertz CT molecular complexity index is 977. The Morgan fingerprint density at radius 1 is 1.10 bits per heavy atom. The molecule has 1 fully saturated rings. The van der Waals surface area contributed by atoms with Gasteiger partial charge in [0, 0.05) is 37.1 Å². The maximum absolute atomic E-state index is 13.0. The van der Waals surface area contributed by atoms with Crippen LogP contribution in [0.5, 0.6) is 5.75 Å². The lowest BCUT2D eigenvalue weighted by atomic mass is 9.96. The minimum absolute atomic E-state index is 0.0188. The molecule has 6 heteroatoms. The van der Waals surface area contributed by atoms with Crippen molar-refractivity contribution < 1.29 is 13.9 Å². The van der Waals surface area contributed by atoms with Gasteiger partial charge < -0.3 is 14.2 Å². The monoisotopic (exact) mass is 407 g/mol. The number of benzene rings is 2. The van der Waals surface area contributed by atoms with Crippen molar-refractivity contribution in [3.8, 4) is 17.1 Å². The molecule has 0 atom stereocenters. The molecule has 1 aliphatic rings. The van der Waals surface area contributed by atoms with E-state index in [9.17, 15) is 9.18 Å². The Kier molecular flexibility index (Phi) is 6.12. The molecular formula is C24H26FN3O2. The van der Waals surface area contributed by atoms with Crippen LogP contribution in [-0.2, 0) is 11.3 Å². The summed E-state index contributed by atoms with van der Waals surface area (Å²) >= 11 is 0. The third-order valence-electron chi connectivity index (χ3n) is 5.67. The zero-order valence-corrected chi connectivity index (χ0v) is 17.1. The maximum atomic E-state index is 13.0. The Hall–Kier alpha value is -3.15. The van der Waals surface area contributed by atoms with Crippen LogP contribution in [0.3, 0.4) is 0 Å². The number of hydrogen-bond acceptors (Lipinski definition) is 3. The molecule has 4 rings (SSSR count).